The second-order valence-electron chi connectivity index (χ2n) is 6.37. The van der Waals surface area contributed by atoms with Gasteiger partial charge in [-0.15, -0.1) is 0 Å². The predicted molar refractivity (Wildman–Crippen MR) is 100 cm³/mol. The lowest BCUT2D eigenvalue weighted by molar-refractivity contribution is 0.0937. The molecule has 27 heavy (non-hydrogen) atoms. The molecule has 0 bridgehead atoms. The van der Waals surface area contributed by atoms with Crippen LogP contribution in [0.2, 0.25) is 0 Å². The minimum absolute atomic E-state index is 0.162. The van der Waals surface area contributed by atoms with Gasteiger partial charge in [0.15, 0.2) is 11.6 Å². The third-order valence-corrected chi connectivity index (χ3v) is 4.86. The van der Waals surface area contributed by atoms with Crippen LogP contribution in [0.5, 0.6) is 11.5 Å². The molecule has 2 aromatic rings. The molecule has 0 fully saturated rings. The van der Waals surface area contributed by atoms with Crippen molar-refractivity contribution in [2.75, 3.05) is 14.2 Å². The molecule has 0 saturated heterocycles. The molecule has 2 aliphatic rings. The fourth-order valence-electron chi connectivity index (χ4n) is 3.52. The summed E-state index contributed by atoms with van der Waals surface area (Å²) in [6, 6.07) is 12.2. The van der Waals surface area contributed by atoms with Crippen molar-refractivity contribution in [3.63, 3.8) is 0 Å². The van der Waals surface area contributed by atoms with E-state index in [1.807, 2.05) is 6.07 Å². The number of hydrogen-bond donors (Lipinski definition) is 0. The Labute approximate surface area is 156 Å². The summed E-state index contributed by atoms with van der Waals surface area (Å²) in [6.07, 6.45) is 1.09. The van der Waals surface area contributed by atoms with Crippen LogP contribution in [0.4, 0.5) is 0 Å². The summed E-state index contributed by atoms with van der Waals surface area (Å²) in [5.74, 6) is 1.37. The molecule has 136 valence electrons. The number of benzene rings is 2. The van der Waals surface area contributed by atoms with E-state index in [0.717, 1.165) is 0 Å². The number of allylic oxidation sites excluding steroid dienone is 2. The highest BCUT2D eigenvalue weighted by Gasteiger charge is 2.37. The first-order valence-corrected chi connectivity index (χ1v) is 8.58. The summed E-state index contributed by atoms with van der Waals surface area (Å²) in [5, 5.41) is 0. The molecule has 0 saturated carbocycles. The highest BCUT2D eigenvalue weighted by molar-refractivity contribution is 6.28. The quantitative estimate of drug-likeness (QED) is 0.830. The summed E-state index contributed by atoms with van der Waals surface area (Å²) in [6.45, 7) is 1.78. The van der Waals surface area contributed by atoms with Crippen LogP contribution >= 0.6 is 0 Å². The first kappa shape index (κ1) is 17.1. The molecule has 0 N–H and O–H groups in total. The Kier molecular flexibility index (Phi) is 4.07. The Hall–Kier alpha value is -3.34. The van der Waals surface area contributed by atoms with Crippen LogP contribution in [0.15, 0.2) is 59.7 Å². The van der Waals surface area contributed by atoms with Gasteiger partial charge in [0, 0.05) is 22.8 Å². The third-order valence-electron chi connectivity index (χ3n) is 4.86. The first-order chi connectivity index (χ1) is 13.0. The van der Waals surface area contributed by atoms with Crippen LogP contribution in [-0.4, -0.2) is 31.9 Å². The zero-order chi connectivity index (χ0) is 19.1. The van der Waals surface area contributed by atoms with Gasteiger partial charge in [0.1, 0.15) is 23.4 Å². The maximum absolute atomic E-state index is 13.0. The number of ether oxygens (including phenoxy) is 3. The van der Waals surface area contributed by atoms with Crippen LogP contribution in [0.1, 0.15) is 33.2 Å². The van der Waals surface area contributed by atoms with Gasteiger partial charge >= 0.3 is 0 Å². The van der Waals surface area contributed by atoms with Gasteiger partial charge in [-0.25, -0.2) is 0 Å². The number of hydrogen-bond acceptors (Lipinski definition) is 5. The Morgan fingerprint density at radius 2 is 1.59 bits per heavy atom. The van der Waals surface area contributed by atoms with Crippen molar-refractivity contribution in [2.24, 2.45) is 0 Å². The Balaban J connectivity index is 1.86. The average molecular weight is 362 g/mol. The predicted octanol–water partition coefficient (Wildman–Crippen LogP) is 3.84. The Morgan fingerprint density at radius 1 is 0.889 bits per heavy atom. The molecule has 5 heteroatoms. The van der Waals surface area contributed by atoms with Gasteiger partial charge in [-0.05, 0) is 25.1 Å². The normalized spacial score (nSPS) is 18.3. The van der Waals surface area contributed by atoms with Crippen LogP contribution in [0, 0.1) is 0 Å². The van der Waals surface area contributed by atoms with Gasteiger partial charge in [0.2, 0.25) is 0 Å². The summed E-state index contributed by atoms with van der Waals surface area (Å²) in [4.78, 5) is 25.9. The van der Waals surface area contributed by atoms with E-state index in [1.165, 1.54) is 0 Å². The molecule has 2 aromatic carbocycles. The molecular weight excluding hydrogens is 344 g/mol. The number of fused-ring (bicyclic) bond motifs is 1. The molecule has 0 radical (unpaired) electrons. The van der Waals surface area contributed by atoms with Crippen LogP contribution < -0.4 is 9.47 Å². The number of carbonyl (C=O) groups excluding carboxylic acids is 2. The Morgan fingerprint density at radius 3 is 2.26 bits per heavy atom. The molecule has 1 unspecified atom stereocenters. The SMILES string of the molecule is COc1ccc(C2=CC3=C(C(=O)c4ccccc4C3=O)C(C)O2)c(OC)c1. The lowest BCUT2D eigenvalue weighted by Crippen LogP contribution is -2.30. The number of rotatable bonds is 3. The van der Waals surface area contributed by atoms with Crippen molar-refractivity contribution in [1.82, 2.24) is 0 Å². The van der Waals surface area contributed by atoms with Crippen LogP contribution in [0.25, 0.3) is 5.76 Å². The molecule has 1 heterocycles. The van der Waals surface area contributed by atoms with E-state index in [-0.39, 0.29) is 11.6 Å². The Bertz CT molecular complexity index is 1030. The second kappa shape index (κ2) is 6.43. The monoisotopic (exact) mass is 362 g/mol. The van der Waals surface area contributed by atoms with Gasteiger partial charge in [0.05, 0.1) is 25.4 Å². The van der Waals surface area contributed by atoms with Gasteiger partial charge in [-0.1, -0.05) is 24.3 Å². The minimum atomic E-state index is -0.545. The molecule has 5 nitrogen and oxygen atoms in total. The highest BCUT2D eigenvalue weighted by atomic mass is 16.5. The second-order valence-corrected chi connectivity index (χ2v) is 6.37. The summed E-state index contributed by atoms with van der Waals surface area (Å²) >= 11 is 0. The number of carbonyl (C=O) groups is 2. The maximum atomic E-state index is 13.0. The summed E-state index contributed by atoms with van der Waals surface area (Å²) < 4.78 is 16.7. The molecule has 1 aliphatic heterocycles. The molecule has 1 aliphatic carbocycles. The van der Waals surface area contributed by atoms with Crippen molar-refractivity contribution in [3.05, 3.63) is 76.4 Å². The largest absolute Gasteiger partial charge is 0.497 e. The van der Waals surface area contributed by atoms with Crippen LogP contribution in [-0.2, 0) is 4.74 Å². The van der Waals surface area contributed by atoms with Crippen molar-refractivity contribution < 1.29 is 23.8 Å². The van der Waals surface area contributed by atoms with E-state index in [9.17, 15) is 9.59 Å². The zero-order valence-electron chi connectivity index (χ0n) is 15.2. The van der Waals surface area contributed by atoms with Gasteiger partial charge < -0.3 is 14.2 Å². The topological polar surface area (TPSA) is 61.8 Å². The molecule has 4 rings (SSSR count). The first-order valence-electron chi connectivity index (χ1n) is 8.58. The minimum Gasteiger partial charge on any atom is -0.497 e. The molecular formula is C22H18O5. The fourth-order valence-corrected chi connectivity index (χ4v) is 3.52. The van der Waals surface area contributed by atoms with Crippen molar-refractivity contribution in [1.29, 1.82) is 0 Å². The summed E-state index contributed by atoms with van der Waals surface area (Å²) in [5.41, 5.74) is 2.32. The molecule has 0 amide bonds. The van der Waals surface area contributed by atoms with E-state index in [0.29, 0.717) is 45.1 Å². The number of Topliss-reactive ketones (excluding diaryl/α,β-unsaturated/α-hetero) is 2. The number of ketones is 2. The molecule has 0 aromatic heterocycles. The molecule has 0 spiro atoms. The van der Waals surface area contributed by atoms with Crippen molar-refractivity contribution >= 4 is 17.3 Å². The van der Waals surface area contributed by atoms with Crippen molar-refractivity contribution in [3.8, 4) is 11.5 Å². The standard InChI is InChI=1S/C22H18O5/c1-12-20-17(21(23)14-6-4-5-7-15(14)22(20)24)11-19(27-12)16-9-8-13(25-2)10-18(16)26-3/h4-12H,1-3H3. The fraction of sp³-hybridized carbons (Fsp3) is 0.182. The highest BCUT2D eigenvalue weighted by Crippen LogP contribution is 2.39. The lowest BCUT2D eigenvalue weighted by Gasteiger charge is -2.29. The van der Waals surface area contributed by atoms with E-state index in [2.05, 4.69) is 0 Å². The van der Waals surface area contributed by atoms with Crippen LogP contribution in [0.3, 0.4) is 0 Å². The van der Waals surface area contributed by atoms with E-state index < -0.39 is 6.10 Å². The van der Waals surface area contributed by atoms with Crippen molar-refractivity contribution in [2.45, 2.75) is 13.0 Å². The summed E-state index contributed by atoms with van der Waals surface area (Å²) in [7, 11) is 3.13. The van der Waals surface area contributed by atoms with E-state index in [1.54, 1.807) is 63.6 Å². The lowest BCUT2D eigenvalue weighted by atomic mass is 9.80. The third kappa shape index (κ3) is 2.63. The van der Waals surface area contributed by atoms with Gasteiger partial charge in [-0.2, -0.15) is 0 Å². The van der Waals surface area contributed by atoms with Gasteiger partial charge in [0.25, 0.3) is 0 Å². The molecule has 1 atom stereocenters. The maximum Gasteiger partial charge on any atom is 0.194 e. The average Bonchev–Trinajstić information content (AvgIpc) is 2.71. The smallest absolute Gasteiger partial charge is 0.194 e. The number of methoxy groups -OCH3 is 2. The zero-order valence-corrected chi connectivity index (χ0v) is 15.2. The van der Waals surface area contributed by atoms with E-state index >= 15 is 0 Å². The van der Waals surface area contributed by atoms with E-state index in [4.69, 9.17) is 14.2 Å². The van der Waals surface area contributed by atoms with Gasteiger partial charge in [-0.3, -0.25) is 9.59 Å².